The van der Waals surface area contributed by atoms with E-state index in [2.05, 4.69) is 15.3 Å². The second-order valence-corrected chi connectivity index (χ2v) is 6.43. The first-order valence-electron chi connectivity index (χ1n) is 9.15. The number of rotatable bonds is 6. The zero-order chi connectivity index (χ0) is 20.1. The van der Waals surface area contributed by atoms with Crippen molar-refractivity contribution in [3.8, 4) is 5.75 Å². The Balaban J connectivity index is 1.90. The van der Waals surface area contributed by atoms with Crippen LogP contribution in [0, 0.1) is 13.8 Å². The average Bonchev–Trinajstić information content (AvgIpc) is 2.68. The number of methoxy groups -OCH3 is 1. The van der Waals surface area contributed by atoms with Gasteiger partial charge < -0.3 is 15.0 Å². The summed E-state index contributed by atoms with van der Waals surface area (Å²) in [5, 5.41) is 3.22. The van der Waals surface area contributed by atoms with Crippen LogP contribution >= 0.6 is 0 Å². The Bertz CT molecular complexity index is 988. The summed E-state index contributed by atoms with van der Waals surface area (Å²) in [6.45, 7) is 6.27. The lowest BCUT2D eigenvalue weighted by Crippen LogP contribution is -2.31. The number of nitrogens with zero attached hydrogens (tertiary/aromatic N) is 3. The first-order chi connectivity index (χ1) is 13.5. The molecule has 0 aliphatic heterocycles. The minimum Gasteiger partial charge on any atom is -0.497 e. The van der Waals surface area contributed by atoms with Crippen molar-refractivity contribution in [2.45, 2.75) is 20.8 Å². The molecule has 1 amide bonds. The third-order valence-electron chi connectivity index (χ3n) is 4.27. The monoisotopic (exact) mass is 376 g/mol. The average molecular weight is 376 g/mol. The Morgan fingerprint density at radius 1 is 1.07 bits per heavy atom. The highest BCUT2D eigenvalue weighted by Gasteiger charge is 2.19. The summed E-state index contributed by atoms with van der Waals surface area (Å²) in [6, 6.07) is 17.1. The maximum absolute atomic E-state index is 13.1. The van der Waals surface area contributed by atoms with Crippen molar-refractivity contribution >= 4 is 23.1 Å². The summed E-state index contributed by atoms with van der Waals surface area (Å²) in [4.78, 5) is 23.6. The molecule has 144 valence electrons. The topological polar surface area (TPSA) is 67.4 Å². The van der Waals surface area contributed by atoms with E-state index in [1.165, 1.54) is 0 Å². The number of benzene rings is 2. The number of amides is 1. The van der Waals surface area contributed by atoms with Crippen molar-refractivity contribution in [2.24, 2.45) is 0 Å². The van der Waals surface area contributed by atoms with Gasteiger partial charge in [-0.15, -0.1) is 0 Å². The van der Waals surface area contributed by atoms with E-state index in [-0.39, 0.29) is 5.91 Å². The Hall–Kier alpha value is -3.41. The van der Waals surface area contributed by atoms with Crippen LogP contribution in [0.15, 0.2) is 54.6 Å². The lowest BCUT2D eigenvalue weighted by Gasteiger charge is -2.21. The SMILES string of the molecule is CCN(C(=O)c1cc(Nc2cccc(OC)c2)nc(C)n1)c1cccc(C)c1. The smallest absolute Gasteiger partial charge is 0.277 e. The highest BCUT2D eigenvalue weighted by Crippen LogP contribution is 2.22. The molecule has 2 aromatic carbocycles. The third-order valence-corrected chi connectivity index (χ3v) is 4.27. The first-order valence-corrected chi connectivity index (χ1v) is 9.15. The third kappa shape index (κ3) is 4.46. The van der Waals surface area contributed by atoms with Crippen LogP contribution in [0.1, 0.15) is 28.8 Å². The molecule has 0 radical (unpaired) electrons. The Kier molecular flexibility index (Phi) is 5.89. The van der Waals surface area contributed by atoms with Gasteiger partial charge in [-0.25, -0.2) is 9.97 Å². The zero-order valence-electron chi connectivity index (χ0n) is 16.6. The molecular formula is C22H24N4O2. The summed E-state index contributed by atoms with van der Waals surface area (Å²) >= 11 is 0. The molecule has 1 aromatic heterocycles. The highest BCUT2D eigenvalue weighted by molar-refractivity contribution is 6.05. The van der Waals surface area contributed by atoms with Gasteiger partial charge in [-0.3, -0.25) is 4.79 Å². The lowest BCUT2D eigenvalue weighted by atomic mass is 10.2. The molecule has 6 heteroatoms. The van der Waals surface area contributed by atoms with Gasteiger partial charge >= 0.3 is 0 Å². The van der Waals surface area contributed by atoms with Gasteiger partial charge in [0.05, 0.1) is 7.11 Å². The Labute approximate surface area is 165 Å². The van der Waals surface area contributed by atoms with Gasteiger partial charge in [-0.1, -0.05) is 18.2 Å². The van der Waals surface area contributed by atoms with Crippen molar-refractivity contribution in [3.63, 3.8) is 0 Å². The van der Waals surface area contributed by atoms with Crippen LogP contribution in [0.5, 0.6) is 5.75 Å². The molecule has 0 bridgehead atoms. The second-order valence-electron chi connectivity index (χ2n) is 6.43. The molecule has 6 nitrogen and oxygen atoms in total. The zero-order valence-corrected chi connectivity index (χ0v) is 16.6. The minimum absolute atomic E-state index is 0.160. The summed E-state index contributed by atoms with van der Waals surface area (Å²) in [5.41, 5.74) is 3.12. The van der Waals surface area contributed by atoms with Gasteiger partial charge in [0.25, 0.3) is 5.91 Å². The summed E-state index contributed by atoms with van der Waals surface area (Å²) < 4.78 is 5.25. The number of hydrogen-bond donors (Lipinski definition) is 1. The normalized spacial score (nSPS) is 10.4. The lowest BCUT2D eigenvalue weighted by molar-refractivity contribution is 0.0983. The number of nitrogens with one attached hydrogen (secondary N) is 1. The van der Waals surface area contributed by atoms with Gasteiger partial charge in [0.2, 0.25) is 0 Å². The second kappa shape index (κ2) is 8.52. The molecule has 0 saturated carbocycles. The molecular weight excluding hydrogens is 352 g/mol. The minimum atomic E-state index is -0.160. The largest absolute Gasteiger partial charge is 0.497 e. The van der Waals surface area contributed by atoms with Crippen LogP contribution in [0.3, 0.4) is 0 Å². The number of hydrogen-bond acceptors (Lipinski definition) is 5. The van der Waals surface area contributed by atoms with Crippen LogP contribution in [0.4, 0.5) is 17.2 Å². The predicted molar refractivity (Wildman–Crippen MR) is 112 cm³/mol. The van der Waals surface area contributed by atoms with Crippen molar-refractivity contribution in [1.29, 1.82) is 0 Å². The number of carbonyl (C=O) groups is 1. The van der Waals surface area contributed by atoms with E-state index in [4.69, 9.17) is 4.74 Å². The van der Waals surface area contributed by atoms with Crippen molar-refractivity contribution < 1.29 is 9.53 Å². The van der Waals surface area contributed by atoms with E-state index in [0.29, 0.717) is 23.9 Å². The van der Waals surface area contributed by atoms with Crippen LogP contribution in [0.25, 0.3) is 0 Å². The van der Waals surface area contributed by atoms with E-state index >= 15 is 0 Å². The van der Waals surface area contributed by atoms with Crippen molar-refractivity contribution in [1.82, 2.24) is 9.97 Å². The standard InChI is InChI=1S/C22H24N4O2/c1-5-26(18-10-6-8-15(2)12-18)22(27)20-14-21(24-16(3)23-20)25-17-9-7-11-19(13-17)28-4/h6-14H,5H2,1-4H3,(H,23,24,25). The van der Waals surface area contributed by atoms with E-state index in [9.17, 15) is 4.79 Å². The molecule has 0 unspecified atom stereocenters. The molecule has 0 aliphatic carbocycles. The molecule has 3 aromatic rings. The first kappa shape index (κ1) is 19.4. The molecule has 28 heavy (non-hydrogen) atoms. The molecule has 0 aliphatic rings. The Morgan fingerprint density at radius 3 is 2.57 bits per heavy atom. The van der Waals surface area contributed by atoms with Crippen LogP contribution in [0.2, 0.25) is 0 Å². The van der Waals surface area contributed by atoms with E-state index in [1.54, 1.807) is 25.0 Å². The van der Waals surface area contributed by atoms with Gasteiger partial charge in [0.15, 0.2) is 0 Å². The number of aryl methyl sites for hydroxylation is 2. The van der Waals surface area contributed by atoms with Crippen molar-refractivity contribution in [3.05, 3.63) is 71.7 Å². The number of carbonyl (C=O) groups excluding carboxylic acids is 1. The molecule has 1 N–H and O–H groups in total. The van der Waals surface area contributed by atoms with E-state index in [0.717, 1.165) is 22.7 Å². The number of ether oxygens (including phenoxy) is 1. The van der Waals surface area contributed by atoms with Gasteiger partial charge in [0, 0.05) is 30.1 Å². The summed E-state index contributed by atoms with van der Waals surface area (Å²) in [5.74, 6) is 1.66. The van der Waals surface area contributed by atoms with Crippen molar-refractivity contribution in [2.75, 3.05) is 23.9 Å². The molecule has 3 rings (SSSR count). The summed E-state index contributed by atoms with van der Waals surface area (Å²) in [6.07, 6.45) is 0. The fourth-order valence-corrected chi connectivity index (χ4v) is 2.97. The number of anilines is 3. The molecule has 0 fully saturated rings. The maximum Gasteiger partial charge on any atom is 0.277 e. The quantitative estimate of drug-likeness (QED) is 0.685. The molecule has 1 heterocycles. The van der Waals surface area contributed by atoms with Gasteiger partial charge in [-0.05, 0) is 50.6 Å². The molecule has 0 saturated heterocycles. The van der Waals surface area contributed by atoms with Crippen LogP contribution in [-0.4, -0.2) is 29.5 Å². The molecule has 0 spiro atoms. The Morgan fingerprint density at radius 2 is 1.86 bits per heavy atom. The van der Waals surface area contributed by atoms with Gasteiger partial charge in [0.1, 0.15) is 23.1 Å². The fraction of sp³-hybridized carbons (Fsp3) is 0.227. The van der Waals surface area contributed by atoms with E-state index in [1.807, 2.05) is 62.4 Å². The highest BCUT2D eigenvalue weighted by atomic mass is 16.5. The summed E-state index contributed by atoms with van der Waals surface area (Å²) in [7, 11) is 1.62. The van der Waals surface area contributed by atoms with Crippen LogP contribution in [-0.2, 0) is 0 Å². The fourth-order valence-electron chi connectivity index (χ4n) is 2.97. The predicted octanol–water partition coefficient (Wildman–Crippen LogP) is 4.51. The van der Waals surface area contributed by atoms with Crippen LogP contribution < -0.4 is 15.0 Å². The number of aromatic nitrogens is 2. The van der Waals surface area contributed by atoms with E-state index < -0.39 is 0 Å². The van der Waals surface area contributed by atoms with Gasteiger partial charge in [-0.2, -0.15) is 0 Å². The maximum atomic E-state index is 13.1. The molecule has 0 atom stereocenters.